The predicted octanol–water partition coefficient (Wildman–Crippen LogP) is 3.30. The first-order valence-electron chi connectivity index (χ1n) is 4.46. The topological polar surface area (TPSA) is 46.2 Å². The molecule has 1 rings (SSSR count). The van der Waals surface area contributed by atoms with Gasteiger partial charge in [0.25, 0.3) is 0 Å². The van der Waals surface area contributed by atoms with Crippen LogP contribution in [0.25, 0.3) is 0 Å². The normalized spacial score (nSPS) is 12.0. The first-order chi connectivity index (χ1) is 6.65. The van der Waals surface area contributed by atoms with Gasteiger partial charge in [-0.3, -0.25) is 0 Å². The van der Waals surface area contributed by atoms with Crippen molar-refractivity contribution in [2.24, 2.45) is 5.73 Å². The Kier molecular flexibility index (Phi) is 7.57. The smallest absolute Gasteiger partial charge is 0.0431 e. The lowest BCUT2D eigenvalue weighted by Gasteiger charge is -2.13. The minimum atomic E-state index is -0.0474. The van der Waals surface area contributed by atoms with Crippen molar-refractivity contribution < 1.29 is 5.11 Å². The predicted molar refractivity (Wildman–Crippen MR) is 69.6 cm³/mol. The van der Waals surface area contributed by atoms with Crippen LogP contribution in [0, 0.1) is 0 Å². The molecule has 0 spiro atoms. The third-order valence-electron chi connectivity index (χ3n) is 2.04. The average molecular weight is 315 g/mol. The Balaban J connectivity index is 0.00000196. The van der Waals surface area contributed by atoms with Crippen molar-refractivity contribution in [1.82, 2.24) is 0 Å². The van der Waals surface area contributed by atoms with E-state index >= 15 is 0 Å². The zero-order chi connectivity index (χ0) is 10.6. The van der Waals surface area contributed by atoms with Gasteiger partial charge < -0.3 is 10.8 Å². The van der Waals surface area contributed by atoms with Crippen molar-refractivity contribution in [2.45, 2.75) is 18.9 Å². The Morgan fingerprint density at radius 2 is 2.13 bits per heavy atom. The van der Waals surface area contributed by atoms with Crippen LogP contribution in [0.5, 0.6) is 0 Å². The SMILES string of the molecule is Cl.N[C@H](CCCO)c1ccc(Cl)cc1Br. The lowest BCUT2D eigenvalue weighted by molar-refractivity contribution is 0.280. The van der Waals surface area contributed by atoms with Crippen molar-refractivity contribution >= 4 is 39.9 Å². The maximum Gasteiger partial charge on any atom is 0.0431 e. The van der Waals surface area contributed by atoms with Gasteiger partial charge in [0.2, 0.25) is 0 Å². The molecule has 1 atom stereocenters. The molecule has 0 fully saturated rings. The molecule has 0 aliphatic rings. The summed E-state index contributed by atoms with van der Waals surface area (Å²) < 4.78 is 0.926. The number of halogens is 3. The van der Waals surface area contributed by atoms with Crippen molar-refractivity contribution in [3.63, 3.8) is 0 Å². The second-order valence-corrected chi connectivity index (χ2v) is 4.43. The van der Waals surface area contributed by atoms with Crippen LogP contribution >= 0.6 is 39.9 Å². The van der Waals surface area contributed by atoms with Crippen LogP contribution in [0.4, 0.5) is 0 Å². The number of aliphatic hydroxyl groups excluding tert-OH is 1. The van der Waals surface area contributed by atoms with E-state index in [0.717, 1.165) is 22.9 Å². The van der Waals surface area contributed by atoms with Gasteiger partial charge in [-0.1, -0.05) is 33.6 Å². The molecular weight excluding hydrogens is 301 g/mol. The van der Waals surface area contributed by atoms with E-state index in [9.17, 15) is 0 Å². The van der Waals surface area contributed by atoms with E-state index in [1.165, 1.54) is 0 Å². The maximum atomic E-state index is 8.69. The molecule has 0 radical (unpaired) electrons. The molecule has 0 aliphatic heterocycles. The first-order valence-corrected chi connectivity index (χ1v) is 5.63. The molecule has 0 saturated heterocycles. The summed E-state index contributed by atoms with van der Waals surface area (Å²) in [7, 11) is 0. The van der Waals surface area contributed by atoms with Gasteiger partial charge in [0.1, 0.15) is 0 Å². The highest BCUT2D eigenvalue weighted by Crippen LogP contribution is 2.27. The quantitative estimate of drug-likeness (QED) is 0.895. The molecule has 0 aliphatic carbocycles. The van der Waals surface area contributed by atoms with Crippen LogP contribution in [0.1, 0.15) is 24.4 Å². The Bertz CT molecular complexity index is 309. The lowest BCUT2D eigenvalue weighted by atomic mass is 10.0. The highest BCUT2D eigenvalue weighted by atomic mass is 79.9. The Morgan fingerprint density at radius 1 is 1.47 bits per heavy atom. The van der Waals surface area contributed by atoms with Crippen LogP contribution in [-0.2, 0) is 0 Å². The van der Waals surface area contributed by atoms with Gasteiger partial charge in [0, 0.05) is 22.1 Å². The fourth-order valence-electron chi connectivity index (χ4n) is 1.27. The second kappa shape index (κ2) is 7.47. The fourth-order valence-corrected chi connectivity index (χ4v) is 2.25. The van der Waals surface area contributed by atoms with E-state index in [1.807, 2.05) is 18.2 Å². The standard InChI is InChI=1S/C10H13BrClNO.ClH/c11-9-6-7(12)3-4-8(9)10(13)2-1-5-14;/h3-4,6,10,14H,1-2,5,13H2;1H/t10-;/m1./s1. The molecule has 0 unspecified atom stereocenters. The molecule has 0 heterocycles. The molecule has 0 saturated carbocycles. The molecule has 15 heavy (non-hydrogen) atoms. The Hall–Kier alpha value is 0.200. The Morgan fingerprint density at radius 3 is 2.67 bits per heavy atom. The van der Waals surface area contributed by atoms with Crippen LogP contribution in [0.15, 0.2) is 22.7 Å². The molecule has 3 N–H and O–H groups in total. The maximum absolute atomic E-state index is 8.69. The third-order valence-corrected chi connectivity index (χ3v) is 2.96. The molecule has 2 nitrogen and oxygen atoms in total. The van der Waals surface area contributed by atoms with Gasteiger partial charge >= 0.3 is 0 Å². The van der Waals surface area contributed by atoms with Crippen LogP contribution in [-0.4, -0.2) is 11.7 Å². The highest BCUT2D eigenvalue weighted by molar-refractivity contribution is 9.10. The van der Waals surface area contributed by atoms with Crippen molar-refractivity contribution in [1.29, 1.82) is 0 Å². The summed E-state index contributed by atoms with van der Waals surface area (Å²) in [4.78, 5) is 0. The van der Waals surface area contributed by atoms with Gasteiger partial charge in [-0.2, -0.15) is 0 Å². The zero-order valence-electron chi connectivity index (χ0n) is 8.12. The molecule has 0 aromatic heterocycles. The molecule has 0 amide bonds. The van der Waals surface area contributed by atoms with Gasteiger partial charge in [0.15, 0.2) is 0 Å². The van der Waals surface area contributed by atoms with E-state index in [4.69, 9.17) is 22.4 Å². The molecule has 1 aromatic carbocycles. The molecule has 86 valence electrons. The van der Waals surface area contributed by atoms with Crippen molar-refractivity contribution in [3.8, 4) is 0 Å². The number of nitrogens with two attached hydrogens (primary N) is 1. The fraction of sp³-hybridized carbons (Fsp3) is 0.400. The van der Waals surface area contributed by atoms with Gasteiger partial charge in [0.05, 0.1) is 0 Å². The van der Waals surface area contributed by atoms with Crippen LogP contribution in [0.2, 0.25) is 5.02 Å². The number of hydrogen-bond acceptors (Lipinski definition) is 2. The van der Waals surface area contributed by atoms with Crippen LogP contribution in [0.3, 0.4) is 0 Å². The van der Waals surface area contributed by atoms with Gasteiger partial charge in [-0.15, -0.1) is 12.4 Å². The highest BCUT2D eigenvalue weighted by Gasteiger charge is 2.09. The molecule has 5 heteroatoms. The summed E-state index contributed by atoms with van der Waals surface area (Å²) in [5.74, 6) is 0. The van der Waals surface area contributed by atoms with E-state index < -0.39 is 0 Å². The summed E-state index contributed by atoms with van der Waals surface area (Å²) in [6, 6.07) is 5.51. The number of benzene rings is 1. The summed E-state index contributed by atoms with van der Waals surface area (Å²) in [5, 5.41) is 9.38. The minimum absolute atomic E-state index is 0. The van der Waals surface area contributed by atoms with E-state index in [2.05, 4.69) is 15.9 Å². The Labute approximate surface area is 109 Å². The van der Waals surface area contributed by atoms with Gasteiger partial charge in [-0.05, 0) is 30.5 Å². The van der Waals surface area contributed by atoms with Crippen molar-refractivity contribution in [3.05, 3.63) is 33.3 Å². The van der Waals surface area contributed by atoms with E-state index in [1.54, 1.807) is 0 Å². The average Bonchev–Trinajstić information content (AvgIpc) is 2.14. The third kappa shape index (κ3) is 4.70. The second-order valence-electron chi connectivity index (χ2n) is 3.14. The summed E-state index contributed by atoms with van der Waals surface area (Å²) in [5.41, 5.74) is 6.98. The monoisotopic (exact) mass is 313 g/mol. The van der Waals surface area contributed by atoms with Crippen LogP contribution < -0.4 is 5.73 Å². The number of rotatable bonds is 4. The van der Waals surface area contributed by atoms with E-state index in [0.29, 0.717) is 5.02 Å². The first kappa shape index (κ1) is 15.2. The largest absolute Gasteiger partial charge is 0.396 e. The molecule has 0 bridgehead atoms. The lowest BCUT2D eigenvalue weighted by Crippen LogP contribution is -2.11. The van der Waals surface area contributed by atoms with E-state index in [-0.39, 0.29) is 25.1 Å². The van der Waals surface area contributed by atoms with Gasteiger partial charge in [-0.25, -0.2) is 0 Å². The molecular formula is C10H14BrCl2NO. The van der Waals surface area contributed by atoms with Crippen molar-refractivity contribution in [2.75, 3.05) is 6.61 Å². The number of hydrogen-bond donors (Lipinski definition) is 2. The summed E-state index contributed by atoms with van der Waals surface area (Å²) in [6.45, 7) is 0.179. The zero-order valence-corrected chi connectivity index (χ0v) is 11.3. The molecule has 1 aromatic rings. The number of aliphatic hydroxyl groups is 1. The summed E-state index contributed by atoms with van der Waals surface area (Å²) in [6.07, 6.45) is 1.49. The minimum Gasteiger partial charge on any atom is -0.396 e. The summed E-state index contributed by atoms with van der Waals surface area (Å²) >= 11 is 9.23.